The first-order valence-electron chi connectivity index (χ1n) is 9.05. The highest BCUT2D eigenvalue weighted by Gasteiger charge is 2.22. The molecule has 0 bridgehead atoms. The summed E-state index contributed by atoms with van der Waals surface area (Å²) in [5.41, 5.74) is 0.0728. The van der Waals surface area contributed by atoms with Crippen LogP contribution in [0.3, 0.4) is 0 Å². The molecule has 0 aliphatic carbocycles. The molecule has 0 saturated carbocycles. The minimum absolute atomic E-state index is 0.0824. The van der Waals surface area contributed by atoms with Crippen LogP contribution in [0.2, 0.25) is 0 Å². The minimum atomic E-state index is -3.94. The molecule has 3 N–H and O–H groups in total. The summed E-state index contributed by atoms with van der Waals surface area (Å²) in [5.74, 6) is -2.28. The Labute approximate surface area is 181 Å². The van der Waals surface area contributed by atoms with E-state index in [-0.39, 0.29) is 22.2 Å². The molecule has 160 valence electrons. The van der Waals surface area contributed by atoms with Crippen LogP contribution in [0.4, 0.5) is 11.6 Å². The third-order valence-electron chi connectivity index (χ3n) is 4.20. The number of aromatic carboxylic acids is 1. The molecule has 4 aromatic rings. The topological polar surface area (TPSA) is 164 Å². The van der Waals surface area contributed by atoms with Crippen LogP contribution in [-0.4, -0.2) is 45.3 Å². The minimum Gasteiger partial charge on any atom is -0.476 e. The number of carbonyl (C=O) groups is 2. The van der Waals surface area contributed by atoms with Gasteiger partial charge in [0, 0.05) is 18.1 Å². The predicted octanol–water partition coefficient (Wildman–Crippen LogP) is 2.17. The van der Waals surface area contributed by atoms with Crippen LogP contribution in [0.1, 0.15) is 21.0 Å². The van der Waals surface area contributed by atoms with Crippen LogP contribution in [0.25, 0.3) is 11.0 Å². The lowest BCUT2D eigenvalue weighted by Gasteiger charge is -2.09. The number of para-hydroxylation sites is 2. The number of nitrogens with one attached hydrogen (secondary N) is 2. The molecule has 0 unspecified atom stereocenters. The number of anilines is 2. The summed E-state index contributed by atoms with van der Waals surface area (Å²) in [6.45, 7) is 0. The van der Waals surface area contributed by atoms with Gasteiger partial charge in [-0.2, -0.15) is 0 Å². The van der Waals surface area contributed by atoms with E-state index in [2.05, 4.69) is 30.0 Å². The van der Waals surface area contributed by atoms with E-state index >= 15 is 0 Å². The van der Waals surface area contributed by atoms with Gasteiger partial charge in [-0.15, -0.1) is 0 Å². The number of nitrogens with zero attached hydrogens (tertiary/aromatic N) is 4. The molecule has 0 spiro atoms. The molecule has 2 heterocycles. The Morgan fingerprint density at radius 3 is 2.00 bits per heavy atom. The zero-order valence-electron chi connectivity index (χ0n) is 16.1. The first-order valence-corrected chi connectivity index (χ1v) is 10.5. The first-order chi connectivity index (χ1) is 15.3. The smallest absolute Gasteiger partial charge is 0.357 e. The van der Waals surface area contributed by atoms with Crippen molar-refractivity contribution in [2.45, 2.75) is 4.90 Å². The molecule has 32 heavy (non-hydrogen) atoms. The Kier molecular flexibility index (Phi) is 5.43. The molecule has 0 aliphatic heterocycles. The van der Waals surface area contributed by atoms with Crippen molar-refractivity contribution in [2.75, 3.05) is 10.0 Å². The van der Waals surface area contributed by atoms with Crippen molar-refractivity contribution in [1.29, 1.82) is 0 Å². The van der Waals surface area contributed by atoms with Gasteiger partial charge in [-0.25, -0.2) is 37.9 Å². The second-order valence-electron chi connectivity index (χ2n) is 6.37. The van der Waals surface area contributed by atoms with E-state index in [9.17, 15) is 23.1 Å². The summed E-state index contributed by atoms with van der Waals surface area (Å²) < 4.78 is 27.1. The third-order valence-corrected chi connectivity index (χ3v) is 5.55. The van der Waals surface area contributed by atoms with Gasteiger partial charge in [-0.3, -0.25) is 4.79 Å². The molecule has 2 aromatic heterocycles. The molecule has 1 amide bonds. The number of carboxylic acid groups (broad SMARTS) is 1. The lowest BCUT2D eigenvalue weighted by atomic mass is 10.2. The zero-order chi connectivity index (χ0) is 22.7. The summed E-state index contributed by atoms with van der Waals surface area (Å²) >= 11 is 0. The number of carbonyl (C=O) groups excluding carboxylic acids is 1. The highest BCUT2D eigenvalue weighted by Crippen LogP contribution is 2.18. The van der Waals surface area contributed by atoms with Gasteiger partial charge < -0.3 is 10.4 Å². The van der Waals surface area contributed by atoms with Crippen LogP contribution in [-0.2, 0) is 10.0 Å². The van der Waals surface area contributed by atoms with Gasteiger partial charge in [0.15, 0.2) is 11.4 Å². The lowest BCUT2D eigenvalue weighted by molar-refractivity contribution is 0.0685. The third kappa shape index (κ3) is 4.34. The maximum atomic E-state index is 12.7. The summed E-state index contributed by atoms with van der Waals surface area (Å²) in [7, 11) is -3.94. The normalized spacial score (nSPS) is 11.1. The Hall–Kier alpha value is -4.45. The van der Waals surface area contributed by atoms with Gasteiger partial charge in [0.05, 0.1) is 15.9 Å². The molecule has 0 saturated heterocycles. The van der Waals surface area contributed by atoms with E-state index in [4.69, 9.17) is 0 Å². The van der Waals surface area contributed by atoms with E-state index in [1.165, 1.54) is 36.7 Å². The van der Waals surface area contributed by atoms with Crippen LogP contribution in [0, 0.1) is 0 Å². The number of rotatable bonds is 6. The fraction of sp³-hybridized carbons (Fsp3) is 0. The van der Waals surface area contributed by atoms with Crippen molar-refractivity contribution >= 4 is 44.6 Å². The number of hydrogen-bond donors (Lipinski definition) is 3. The predicted molar refractivity (Wildman–Crippen MR) is 114 cm³/mol. The maximum absolute atomic E-state index is 12.7. The van der Waals surface area contributed by atoms with E-state index in [1.54, 1.807) is 30.3 Å². The van der Waals surface area contributed by atoms with Gasteiger partial charge in [0.2, 0.25) is 5.95 Å². The molecule has 0 aliphatic rings. The van der Waals surface area contributed by atoms with Crippen molar-refractivity contribution < 1.29 is 23.1 Å². The molecule has 12 heteroatoms. The maximum Gasteiger partial charge on any atom is 0.357 e. The van der Waals surface area contributed by atoms with Crippen LogP contribution in [0.5, 0.6) is 0 Å². The molecule has 0 radical (unpaired) electrons. The second-order valence-corrected chi connectivity index (χ2v) is 8.05. The highest BCUT2D eigenvalue weighted by molar-refractivity contribution is 7.92. The summed E-state index contributed by atoms with van der Waals surface area (Å²) in [5, 5.41) is 11.9. The largest absolute Gasteiger partial charge is 0.476 e. The number of fused-ring (bicyclic) bond motifs is 1. The van der Waals surface area contributed by atoms with Crippen molar-refractivity contribution in [3.63, 3.8) is 0 Å². The summed E-state index contributed by atoms with van der Waals surface area (Å²) in [6.07, 6.45) is 2.79. The van der Waals surface area contributed by atoms with Crippen molar-refractivity contribution in [2.24, 2.45) is 0 Å². The molecule has 0 fully saturated rings. The Balaban J connectivity index is 1.57. The van der Waals surface area contributed by atoms with Crippen molar-refractivity contribution in [3.05, 3.63) is 78.4 Å². The van der Waals surface area contributed by atoms with Gasteiger partial charge in [0.1, 0.15) is 0 Å². The summed E-state index contributed by atoms with van der Waals surface area (Å²) in [6, 6.07) is 13.4. The van der Waals surface area contributed by atoms with Gasteiger partial charge in [-0.05, 0) is 42.5 Å². The molecular formula is C20H14N6O5S. The summed E-state index contributed by atoms with van der Waals surface area (Å²) in [4.78, 5) is 39.9. The lowest BCUT2D eigenvalue weighted by Crippen LogP contribution is -2.20. The first kappa shape index (κ1) is 20.8. The molecule has 11 nitrogen and oxygen atoms in total. The zero-order valence-corrected chi connectivity index (χ0v) is 16.9. The van der Waals surface area contributed by atoms with Gasteiger partial charge in [0.25, 0.3) is 15.9 Å². The van der Waals surface area contributed by atoms with Crippen LogP contribution < -0.4 is 10.0 Å². The van der Waals surface area contributed by atoms with E-state index in [1.807, 2.05) is 0 Å². The van der Waals surface area contributed by atoms with Gasteiger partial charge in [-0.1, -0.05) is 12.1 Å². The number of carboxylic acids is 1. The SMILES string of the molecule is O=C(O)c1nc2ccccc2nc1C(=O)Nc1ccc(S(=O)(=O)Nc2ncccn2)cc1. The average Bonchev–Trinajstić information content (AvgIpc) is 2.79. The fourth-order valence-corrected chi connectivity index (χ4v) is 3.70. The number of aromatic nitrogens is 4. The molecule has 0 atom stereocenters. The number of benzene rings is 2. The van der Waals surface area contributed by atoms with Gasteiger partial charge >= 0.3 is 5.97 Å². The van der Waals surface area contributed by atoms with E-state index in [0.29, 0.717) is 11.0 Å². The second kappa shape index (κ2) is 8.35. The number of amides is 1. The van der Waals surface area contributed by atoms with Crippen molar-refractivity contribution in [1.82, 2.24) is 19.9 Å². The average molecular weight is 450 g/mol. The monoisotopic (exact) mass is 450 g/mol. The highest BCUT2D eigenvalue weighted by atomic mass is 32.2. The quantitative estimate of drug-likeness (QED) is 0.399. The number of sulfonamides is 1. The van der Waals surface area contributed by atoms with E-state index < -0.39 is 27.6 Å². The van der Waals surface area contributed by atoms with E-state index in [0.717, 1.165) is 0 Å². The molecule has 4 rings (SSSR count). The number of hydrogen-bond acceptors (Lipinski definition) is 8. The molecular weight excluding hydrogens is 436 g/mol. The Morgan fingerprint density at radius 1 is 0.812 bits per heavy atom. The fourth-order valence-electron chi connectivity index (χ4n) is 2.75. The Morgan fingerprint density at radius 2 is 1.41 bits per heavy atom. The standard InChI is InChI=1S/C20H14N6O5S/c27-18(16-17(19(28)29)25-15-5-2-1-4-14(15)24-16)23-12-6-8-13(9-7-12)32(30,31)26-20-21-10-3-11-22-20/h1-11H,(H,23,27)(H,28,29)(H,21,22,26). The van der Waals surface area contributed by atoms with Crippen LogP contribution >= 0.6 is 0 Å². The van der Waals surface area contributed by atoms with Crippen molar-refractivity contribution in [3.8, 4) is 0 Å². The van der Waals surface area contributed by atoms with Crippen LogP contribution in [0.15, 0.2) is 71.9 Å². The Bertz CT molecular complexity index is 1430. The molecule has 2 aromatic carbocycles.